The van der Waals surface area contributed by atoms with Gasteiger partial charge >= 0.3 is 0 Å². The molecule has 0 atom stereocenters. The molecule has 0 saturated carbocycles. The van der Waals surface area contributed by atoms with E-state index in [1.54, 1.807) is 18.2 Å². The van der Waals surface area contributed by atoms with E-state index in [9.17, 15) is 13.5 Å². The lowest BCUT2D eigenvalue weighted by atomic mass is 9.87. The highest BCUT2D eigenvalue weighted by Gasteiger charge is 2.16. The van der Waals surface area contributed by atoms with E-state index in [1.165, 1.54) is 0 Å². The van der Waals surface area contributed by atoms with Gasteiger partial charge in [-0.1, -0.05) is 26.8 Å². The van der Waals surface area contributed by atoms with E-state index in [-0.39, 0.29) is 16.9 Å². The fraction of sp³-hybridized carbons (Fsp3) is 0.455. The van der Waals surface area contributed by atoms with Gasteiger partial charge in [-0.05, 0) is 23.1 Å². The average Bonchev–Trinajstić information content (AvgIpc) is 2.04. The van der Waals surface area contributed by atoms with Crippen molar-refractivity contribution in [1.82, 2.24) is 0 Å². The van der Waals surface area contributed by atoms with Crippen molar-refractivity contribution in [3.05, 3.63) is 23.8 Å². The van der Waals surface area contributed by atoms with E-state index in [0.717, 1.165) is 11.8 Å². The fourth-order valence-electron chi connectivity index (χ4n) is 1.28. The number of benzene rings is 1. The zero-order chi connectivity index (χ0) is 12.6. The Morgan fingerprint density at radius 1 is 1.25 bits per heavy atom. The normalized spacial score (nSPS) is 12.5. The van der Waals surface area contributed by atoms with E-state index >= 15 is 0 Å². The maximum atomic E-state index is 11.0. The molecule has 1 rings (SSSR count). The topological polar surface area (TPSA) is 66.4 Å². The van der Waals surface area contributed by atoms with Crippen LogP contribution in [0.5, 0.6) is 5.75 Å². The minimum Gasteiger partial charge on any atom is -0.506 e. The van der Waals surface area contributed by atoms with Crippen LogP contribution in [-0.4, -0.2) is 19.8 Å². The smallest absolute Gasteiger partial charge is 0.229 e. The molecule has 4 nitrogen and oxygen atoms in total. The highest BCUT2D eigenvalue weighted by atomic mass is 32.2. The van der Waals surface area contributed by atoms with Gasteiger partial charge in [-0.15, -0.1) is 0 Å². The predicted molar refractivity (Wildman–Crippen MR) is 65.3 cm³/mol. The zero-order valence-electron chi connectivity index (χ0n) is 9.90. The molecule has 90 valence electrons. The first kappa shape index (κ1) is 12.8. The second kappa shape index (κ2) is 3.97. The molecule has 0 bridgehead atoms. The Kier molecular flexibility index (Phi) is 3.19. The molecule has 0 saturated heterocycles. The van der Waals surface area contributed by atoms with Crippen LogP contribution in [0.25, 0.3) is 0 Å². The summed E-state index contributed by atoms with van der Waals surface area (Å²) >= 11 is 0. The summed E-state index contributed by atoms with van der Waals surface area (Å²) in [6.45, 7) is 6.06. The number of anilines is 1. The van der Waals surface area contributed by atoms with Gasteiger partial charge < -0.3 is 5.11 Å². The number of hydrogen-bond donors (Lipinski definition) is 2. The molecule has 0 heterocycles. The lowest BCUT2D eigenvalue weighted by molar-refractivity contribution is 0.473. The van der Waals surface area contributed by atoms with Crippen LogP contribution in [0.15, 0.2) is 18.2 Å². The third-order valence-electron chi connectivity index (χ3n) is 2.16. The van der Waals surface area contributed by atoms with Crippen LogP contribution in [0, 0.1) is 0 Å². The molecule has 0 aliphatic rings. The molecule has 0 spiro atoms. The van der Waals surface area contributed by atoms with Gasteiger partial charge in [0.25, 0.3) is 0 Å². The first-order chi connectivity index (χ1) is 7.09. The van der Waals surface area contributed by atoms with E-state index in [1.807, 2.05) is 20.8 Å². The summed E-state index contributed by atoms with van der Waals surface area (Å²) in [5.74, 6) is -0.0575. The molecule has 2 N–H and O–H groups in total. The van der Waals surface area contributed by atoms with Crippen molar-refractivity contribution in [3.63, 3.8) is 0 Å². The first-order valence-corrected chi connectivity index (χ1v) is 6.80. The molecule has 0 aliphatic carbocycles. The summed E-state index contributed by atoms with van der Waals surface area (Å²) < 4.78 is 24.3. The highest BCUT2D eigenvalue weighted by molar-refractivity contribution is 7.92. The monoisotopic (exact) mass is 243 g/mol. The maximum absolute atomic E-state index is 11.0. The third-order valence-corrected chi connectivity index (χ3v) is 2.75. The molecule has 1 aromatic rings. The molecule has 0 aliphatic heterocycles. The van der Waals surface area contributed by atoms with Crippen LogP contribution in [-0.2, 0) is 15.4 Å². The Morgan fingerprint density at radius 3 is 2.19 bits per heavy atom. The molecule has 0 unspecified atom stereocenters. The van der Waals surface area contributed by atoms with Crippen molar-refractivity contribution in [2.45, 2.75) is 26.2 Å². The Morgan fingerprint density at radius 2 is 1.81 bits per heavy atom. The summed E-state index contributed by atoms with van der Waals surface area (Å²) in [6, 6.07) is 4.94. The van der Waals surface area contributed by atoms with Crippen LogP contribution in [0.1, 0.15) is 26.3 Å². The van der Waals surface area contributed by atoms with Crippen LogP contribution in [0.2, 0.25) is 0 Å². The molecule has 1 aromatic carbocycles. The summed E-state index contributed by atoms with van der Waals surface area (Å²) in [5.41, 5.74) is 1.07. The lowest BCUT2D eigenvalue weighted by Crippen LogP contribution is -2.12. The molecular formula is C11H17NO3S. The highest BCUT2D eigenvalue weighted by Crippen LogP contribution is 2.30. The quantitative estimate of drug-likeness (QED) is 0.781. The van der Waals surface area contributed by atoms with Gasteiger partial charge in [0, 0.05) is 0 Å². The summed E-state index contributed by atoms with van der Waals surface area (Å²) in [7, 11) is -3.36. The Hall–Kier alpha value is -1.23. The van der Waals surface area contributed by atoms with Gasteiger partial charge in [-0.2, -0.15) is 0 Å². The Balaban J connectivity index is 3.11. The van der Waals surface area contributed by atoms with Crippen LogP contribution < -0.4 is 4.72 Å². The maximum Gasteiger partial charge on any atom is 0.229 e. The van der Waals surface area contributed by atoms with Gasteiger partial charge in [0.2, 0.25) is 10.0 Å². The molecule has 5 heteroatoms. The second-order valence-electron chi connectivity index (χ2n) is 4.86. The molecule has 16 heavy (non-hydrogen) atoms. The van der Waals surface area contributed by atoms with Crippen molar-refractivity contribution < 1.29 is 13.5 Å². The molecule has 0 amide bonds. The lowest BCUT2D eigenvalue weighted by Gasteiger charge is -2.20. The summed E-state index contributed by atoms with van der Waals surface area (Å²) in [6.07, 6.45) is 1.05. The number of sulfonamides is 1. The number of phenols is 1. The van der Waals surface area contributed by atoms with E-state index in [2.05, 4.69) is 4.72 Å². The van der Waals surface area contributed by atoms with Gasteiger partial charge in [-0.3, -0.25) is 4.72 Å². The van der Waals surface area contributed by atoms with Crippen LogP contribution in [0.3, 0.4) is 0 Å². The molecule has 0 radical (unpaired) electrons. The first-order valence-electron chi connectivity index (χ1n) is 4.91. The number of phenolic OH excluding ortho intramolecular Hbond substituents is 1. The van der Waals surface area contributed by atoms with Crippen LogP contribution in [0.4, 0.5) is 5.69 Å². The predicted octanol–water partition coefficient (Wildman–Crippen LogP) is 2.06. The van der Waals surface area contributed by atoms with Crippen molar-refractivity contribution >= 4 is 15.7 Å². The van der Waals surface area contributed by atoms with Gasteiger partial charge in [0.05, 0.1) is 11.9 Å². The van der Waals surface area contributed by atoms with E-state index in [4.69, 9.17) is 0 Å². The Bertz CT molecular complexity index is 486. The van der Waals surface area contributed by atoms with E-state index < -0.39 is 10.0 Å². The fourth-order valence-corrected chi connectivity index (χ4v) is 1.86. The van der Waals surface area contributed by atoms with Gasteiger partial charge in [-0.25, -0.2) is 8.42 Å². The number of aromatic hydroxyl groups is 1. The van der Waals surface area contributed by atoms with Crippen molar-refractivity contribution in [1.29, 1.82) is 0 Å². The molecule has 0 aromatic heterocycles. The van der Waals surface area contributed by atoms with Crippen molar-refractivity contribution in [3.8, 4) is 5.75 Å². The minimum absolute atomic E-state index is 0.0575. The summed E-state index contributed by atoms with van der Waals surface area (Å²) in [4.78, 5) is 0. The summed E-state index contributed by atoms with van der Waals surface area (Å²) in [5, 5.41) is 9.69. The minimum atomic E-state index is -3.36. The molecular weight excluding hydrogens is 226 g/mol. The zero-order valence-corrected chi connectivity index (χ0v) is 10.7. The number of nitrogens with one attached hydrogen (secondary N) is 1. The SMILES string of the molecule is CC(C)(C)c1ccc(NS(C)(=O)=O)c(O)c1. The average molecular weight is 243 g/mol. The van der Waals surface area contributed by atoms with Crippen LogP contribution >= 0.6 is 0 Å². The largest absolute Gasteiger partial charge is 0.506 e. The van der Waals surface area contributed by atoms with Gasteiger partial charge in [0.15, 0.2) is 0 Å². The van der Waals surface area contributed by atoms with E-state index in [0.29, 0.717) is 0 Å². The number of rotatable bonds is 2. The van der Waals surface area contributed by atoms with Gasteiger partial charge in [0.1, 0.15) is 5.75 Å². The van der Waals surface area contributed by atoms with Crippen molar-refractivity contribution in [2.75, 3.05) is 11.0 Å². The standard InChI is InChI=1S/C11H17NO3S/c1-11(2,3)8-5-6-9(10(13)7-8)12-16(4,14)15/h5-7,12-13H,1-4H3. The molecule has 0 fully saturated rings. The number of hydrogen-bond acceptors (Lipinski definition) is 3. The van der Waals surface area contributed by atoms with Crippen molar-refractivity contribution in [2.24, 2.45) is 0 Å². The second-order valence-corrected chi connectivity index (χ2v) is 6.60. The third kappa shape index (κ3) is 3.41. The Labute approximate surface area is 96.4 Å².